The first kappa shape index (κ1) is 20.7. The molecule has 2 aromatic rings. The third-order valence-electron chi connectivity index (χ3n) is 4.48. The van der Waals surface area contributed by atoms with Gasteiger partial charge in [-0.1, -0.05) is 12.1 Å². The van der Waals surface area contributed by atoms with Crippen molar-refractivity contribution in [3.63, 3.8) is 0 Å². The molecule has 1 aliphatic heterocycles. The number of benzene rings is 1. The number of halogens is 3. The van der Waals surface area contributed by atoms with Gasteiger partial charge in [0.2, 0.25) is 0 Å². The predicted octanol–water partition coefficient (Wildman–Crippen LogP) is 2.29. The Morgan fingerprint density at radius 3 is 2.45 bits per heavy atom. The van der Waals surface area contributed by atoms with Gasteiger partial charge in [0.15, 0.2) is 5.76 Å². The molecule has 29 heavy (non-hydrogen) atoms. The van der Waals surface area contributed by atoms with E-state index in [1.165, 1.54) is 31.4 Å². The molecule has 2 heterocycles. The van der Waals surface area contributed by atoms with Crippen molar-refractivity contribution in [3.05, 3.63) is 48.4 Å². The van der Waals surface area contributed by atoms with Crippen molar-refractivity contribution in [2.24, 2.45) is 0 Å². The van der Waals surface area contributed by atoms with Crippen molar-refractivity contribution in [1.29, 1.82) is 0 Å². The van der Waals surface area contributed by atoms with E-state index in [-0.39, 0.29) is 18.7 Å². The lowest BCUT2D eigenvalue weighted by molar-refractivity contribution is -0.275. The molecular formula is C17H15F3N2O6S. The van der Waals surface area contributed by atoms with Crippen molar-refractivity contribution in [2.75, 3.05) is 6.54 Å². The fraction of sp³-hybridized carbons (Fsp3) is 0.294. The highest BCUT2D eigenvalue weighted by Gasteiger charge is 2.51. The molecule has 1 unspecified atom stereocenters. The van der Waals surface area contributed by atoms with Gasteiger partial charge >= 0.3 is 6.36 Å². The predicted molar refractivity (Wildman–Crippen MR) is 91.2 cm³/mol. The molecule has 0 spiro atoms. The van der Waals surface area contributed by atoms with Crippen LogP contribution in [0.5, 0.6) is 5.75 Å². The van der Waals surface area contributed by atoms with Gasteiger partial charge in [0.05, 0.1) is 6.26 Å². The van der Waals surface area contributed by atoms with Crippen molar-refractivity contribution >= 4 is 21.8 Å². The Kier molecular flexibility index (Phi) is 5.07. The van der Waals surface area contributed by atoms with E-state index in [0.29, 0.717) is 0 Å². The molecule has 1 aromatic heterocycles. The van der Waals surface area contributed by atoms with Crippen LogP contribution < -0.4 is 9.46 Å². The number of rotatable bonds is 5. The Balaban J connectivity index is 1.82. The normalized spacial score (nSPS) is 19.4. The van der Waals surface area contributed by atoms with E-state index in [1.807, 2.05) is 0 Å². The van der Waals surface area contributed by atoms with Crippen LogP contribution in [0.4, 0.5) is 13.2 Å². The van der Waals surface area contributed by atoms with E-state index < -0.39 is 44.4 Å². The fourth-order valence-electron chi connectivity index (χ4n) is 2.82. The molecule has 2 amide bonds. The zero-order valence-corrected chi connectivity index (χ0v) is 15.7. The zero-order valence-electron chi connectivity index (χ0n) is 14.9. The molecule has 0 saturated carbocycles. The van der Waals surface area contributed by atoms with Crippen LogP contribution >= 0.6 is 0 Å². The maximum Gasteiger partial charge on any atom is 0.573 e. The number of hydrogen-bond donors (Lipinski definition) is 1. The molecular weight excluding hydrogens is 417 g/mol. The number of alkyl halides is 3. The quantitative estimate of drug-likeness (QED) is 0.777. The highest BCUT2D eigenvalue weighted by molar-refractivity contribution is 7.90. The summed E-state index contributed by atoms with van der Waals surface area (Å²) in [6, 6.07) is 6.88. The summed E-state index contributed by atoms with van der Waals surface area (Å²) in [6.07, 6.45) is -3.70. The molecule has 12 heteroatoms. The molecule has 1 aliphatic rings. The summed E-state index contributed by atoms with van der Waals surface area (Å²) in [5.41, 5.74) is -1.52. The second kappa shape index (κ2) is 7.10. The summed E-state index contributed by atoms with van der Waals surface area (Å²) >= 11 is 0. The molecule has 0 aliphatic carbocycles. The molecule has 0 bridgehead atoms. The number of furan rings is 1. The van der Waals surface area contributed by atoms with Gasteiger partial charge in [-0.15, -0.1) is 13.2 Å². The number of nitrogens with zero attached hydrogens (tertiary/aromatic N) is 1. The van der Waals surface area contributed by atoms with Gasteiger partial charge in [-0.25, -0.2) is 13.1 Å². The lowest BCUT2D eigenvalue weighted by atomic mass is 9.85. The van der Waals surface area contributed by atoms with Gasteiger partial charge in [-0.05, 0) is 37.6 Å². The van der Waals surface area contributed by atoms with E-state index in [0.717, 1.165) is 23.1 Å². The number of nitrogens with one attached hydrogen (secondary N) is 1. The van der Waals surface area contributed by atoms with Crippen LogP contribution in [0, 0.1) is 0 Å². The third kappa shape index (κ3) is 4.06. The maximum absolute atomic E-state index is 12.6. The number of amides is 2. The summed E-state index contributed by atoms with van der Waals surface area (Å²) in [7, 11) is -4.71. The minimum absolute atomic E-state index is 0.0319. The summed E-state index contributed by atoms with van der Waals surface area (Å²) < 4.78 is 73.2. The SMILES string of the molecule is CC1(C(=O)NS(=O)(=O)c2ccccc2OC(F)(F)F)CCN1C(=O)c1ccco1. The second-order valence-electron chi connectivity index (χ2n) is 6.39. The molecule has 1 N–H and O–H groups in total. The molecule has 1 fully saturated rings. The number of likely N-dealkylation sites (tertiary alicyclic amines) is 1. The maximum atomic E-state index is 12.6. The number of para-hydroxylation sites is 1. The first-order valence-electron chi connectivity index (χ1n) is 8.21. The van der Waals surface area contributed by atoms with Crippen molar-refractivity contribution in [3.8, 4) is 5.75 Å². The first-order valence-corrected chi connectivity index (χ1v) is 9.70. The van der Waals surface area contributed by atoms with Crippen molar-refractivity contribution in [1.82, 2.24) is 9.62 Å². The Morgan fingerprint density at radius 1 is 1.21 bits per heavy atom. The van der Waals surface area contributed by atoms with Crippen LogP contribution in [0.3, 0.4) is 0 Å². The largest absolute Gasteiger partial charge is 0.573 e. The monoisotopic (exact) mass is 432 g/mol. The van der Waals surface area contributed by atoms with E-state index in [1.54, 1.807) is 4.72 Å². The second-order valence-corrected chi connectivity index (χ2v) is 8.04. The molecule has 1 saturated heterocycles. The van der Waals surface area contributed by atoms with Crippen LogP contribution in [0.1, 0.15) is 23.9 Å². The summed E-state index contributed by atoms with van der Waals surface area (Å²) in [5.74, 6) is -2.69. The molecule has 1 aromatic carbocycles. The Hall–Kier alpha value is -3.02. The standard InChI is InChI=1S/C17H15F3N2O6S/c1-16(8-9-22(16)14(23)12-6-4-10-27-12)15(24)21-29(25,26)13-7-3-2-5-11(13)28-17(18,19)20/h2-7,10H,8-9H2,1H3,(H,21,24). The molecule has 0 radical (unpaired) electrons. The van der Waals surface area contributed by atoms with Crippen molar-refractivity contribution in [2.45, 2.75) is 30.1 Å². The minimum Gasteiger partial charge on any atom is -0.459 e. The first-order chi connectivity index (χ1) is 13.4. The lowest BCUT2D eigenvalue weighted by Crippen LogP contribution is -2.67. The fourth-order valence-corrected chi connectivity index (χ4v) is 4.03. The number of carbonyl (C=O) groups is 2. The molecule has 156 valence electrons. The minimum atomic E-state index is -5.12. The van der Waals surface area contributed by atoms with E-state index >= 15 is 0 Å². The van der Waals surface area contributed by atoms with Gasteiger partial charge in [-0.3, -0.25) is 9.59 Å². The van der Waals surface area contributed by atoms with Gasteiger partial charge in [0, 0.05) is 6.54 Å². The van der Waals surface area contributed by atoms with Gasteiger partial charge in [0.25, 0.3) is 21.8 Å². The topological polar surface area (TPSA) is 106 Å². The van der Waals surface area contributed by atoms with E-state index in [2.05, 4.69) is 4.74 Å². The smallest absolute Gasteiger partial charge is 0.459 e. The third-order valence-corrected chi connectivity index (χ3v) is 5.85. The summed E-state index contributed by atoms with van der Waals surface area (Å²) in [4.78, 5) is 25.3. The molecule has 3 rings (SSSR count). The number of carbonyl (C=O) groups excluding carboxylic acids is 2. The van der Waals surface area contributed by atoms with Crippen LogP contribution in [-0.2, 0) is 14.8 Å². The Bertz CT molecular complexity index is 1040. The highest BCUT2D eigenvalue weighted by atomic mass is 32.2. The number of hydrogen-bond acceptors (Lipinski definition) is 6. The van der Waals surface area contributed by atoms with Crippen molar-refractivity contribution < 1.29 is 40.3 Å². The van der Waals surface area contributed by atoms with Crippen LogP contribution in [-0.4, -0.2) is 43.6 Å². The highest BCUT2D eigenvalue weighted by Crippen LogP contribution is 2.34. The average molecular weight is 432 g/mol. The van der Waals surface area contributed by atoms with Gasteiger partial charge < -0.3 is 14.1 Å². The molecule has 8 nitrogen and oxygen atoms in total. The van der Waals surface area contributed by atoms with Gasteiger partial charge in [0.1, 0.15) is 16.2 Å². The van der Waals surface area contributed by atoms with E-state index in [4.69, 9.17) is 4.42 Å². The van der Waals surface area contributed by atoms with Crippen LogP contribution in [0.2, 0.25) is 0 Å². The zero-order chi connectivity index (χ0) is 21.4. The number of ether oxygens (including phenoxy) is 1. The molecule has 1 atom stereocenters. The van der Waals surface area contributed by atoms with Crippen LogP contribution in [0.15, 0.2) is 52.0 Å². The Morgan fingerprint density at radius 2 is 1.90 bits per heavy atom. The summed E-state index contributed by atoms with van der Waals surface area (Å²) in [6.45, 7) is 1.53. The van der Waals surface area contributed by atoms with Crippen LogP contribution in [0.25, 0.3) is 0 Å². The van der Waals surface area contributed by atoms with Gasteiger partial charge in [-0.2, -0.15) is 0 Å². The lowest BCUT2D eigenvalue weighted by Gasteiger charge is -2.48. The number of sulfonamides is 1. The summed E-state index contributed by atoms with van der Waals surface area (Å²) in [5, 5.41) is 0. The van der Waals surface area contributed by atoms with E-state index in [9.17, 15) is 31.2 Å². The Labute approximate surface area is 163 Å². The average Bonchev–Trinajstić information content (AvgIpc) is 3.13.